The molecule has 510 valence electrons. The Labute approximate surface area is 558 Å². The van der Waals surface area contributed by atoms with Gasteiger partial charge in [-0.1, -0.05) is 86.6 Å². The van der Waals surface area contributed by atoms with Crippen molar-refractivity contribution in [2.45, 2.75) is 109 Å². The Kier molecular flexibility index (Phi) is 24.1. The molecule has 2 atom stereocenters. The number of carboxylic acids is 1. The number of nitrogens with zero attached hydrogens (tertiary/aromatic N) is 10. The summed E-state index contributed by atoms with van der Waals surface area (Å²) in [6, 6.07) is 36.2. The van der Waals surface area contributed by atoms with E-state index in [9.17, 15) is 27.6 Å². The number of halogens is 3. The lowest BCUT2D eigenvalue weighted by Gasteiger charge is -2.24. The van der Waals surface area contributed by atoms with E-state index < -0.39 is 24.0 Å². The summed E-state index contributed by atoms with van der Waals surface area (Å²) in [5, 5.41) is 9.73. The molecule has 2 aliphatic heterocycles. The molecule has 4 aromatic heterocycles. The molecule has 2 saturated carbocycles. The highest BCUT2D eigenvalue weighted by Crippen LogP contribution is 2.47. The molecule has 2 amide bonds. The number of likely N-dealkylation sites (tertiary alicyclic amines) is 2. The molecule has 12 rings (SSSR count). The molecule has 0 spiro atoms. The van der Waals surface area contributed by atoms with Gasteiger partial charge in [-0.15, -0.1) is 0 Å². The van der Waals surface area contributed by atoms with Crippen molar-refractivity contribution < 1.29 is 62.5 Å². The fourth-order valence-corrected chi connectivity index (χ4v) is 11.2. The summed E-state index contributed by atoms with van der Waals surface area (Å²) in [7, 11) is 7.41. The van der Waals surface area contributed by atoms with Crippen LogP contribution in [0.2, 0.25) is 0 Å². The summed E-state index contributed by atoms with van der Waals surface area (Å²) >= 11 is 0. The van der Waals surface area contributed by atoms with Crippen LogP contribution in [0.1, 0.15) is 86.6 Å². The normalized spacial score (nSPS) is 16.2. The van der Waals surface area contributed by atoms with E-state index in [0.29, 0.717) is 91.0 Å². The number of methoxy groups -OCH3 is 2. The van der Waals surface area contributed by atoms with Crippen molar-refractivity contribution in [1.29, 1.82) is 0 Å². The molecule has 6 heterocycles. The largest absolute Gasteiger partial charge is 0.482 e. The number of alkyl halides is 3. The third-order valence-corrected chi connectivity index (χ3v) is 16.0. The number of anilines is 2. The highest BCUT2D eigenvalue weighted by molar-refractivity contribution is 6.05. The van der Waals surface area contributed by atoms with Gasteiger partial charge in [-0.3, -0.25) is 28.5 Å². The van der Waals surface area contributed by atoms with Gasteiger partial charge in [0, 0.05) is 64.9 Å². The fraction of sp³-hybridized carbons (Fsp3) is 0.380. The van der Waals surface area contributed by atoms with Crippen molar-refractivity contribution in [3.8, 4) is 57.0 Å². The number of carbonyl (C=O) groups excluding carboxylic acids is 3. The molecule has 4 fully saturated rings. The maximum absolute atomic E-state index is 13.0. The molecule has 96 heavy (non-hydrogen) atoms. The SMILES string of the molecule is CN(C/C=C/C(=O)O)C1CC1.COc1c(-c2ccc(Oc3ccccc3)cc2)c2c(N)ncnc2n1[C@@H]1CCN(C(=O)/C=C/CN(C)C2CC2)C1.COc1c(-c2ccc(Oc3ccccc3)cc2)c2c(N)ncnc2n1[C@@H]1CCN(C(=O)OC(C)(C)C)C1.O=CC(F)(F)F.[2H]CC. The van der Waals surface area contributed by atoms with Crippen molar-refractivity contribution in [1.82, 2.24) is 48.7 Å². The molecule has 2 saturated heterocycles. The number of hydrogen-bond donors (Lipinski definition) is 3. The Hall–Kier alpha value is -10.0. The Morgan fingerprint density at radius 1 is 0.625 bits per heavy atom. The maximum Gasteiger partial charge on any atom is 0.446 e. The van der Waals surface area contributed by atoms with Crippen molar-refractivity contribution in [3.05, 3.63) is 146 Å². The van der Waals surface area contributed by atoms with E-state index >= 15 is 0 Å². The molecule has 4 aliphatic rings. The molecule has 8 aromatic rings. The number of fused-ring (bicyclic) bond motifs is 2. The van der Waals surface area contributed by atoms with Crippen LogP contribution in [0.25, 0.3) is 44.3 Å². The molecule has 22 nitrogen and oxygen atoms in total. The number of amides is 2. The molecule has 2 aliphatic carbocycles. The predicted octanol–water partition coefficient (Wildman–Crippen LogP) is 13.1. The number of nitrogen functional groups attached to an aromatic ring is 2. The minimum Gasteiger partial charge on any atom is -0.482 e. The van der Waals surface area contributed by atoms with E-state index in [2.05, 4.69) is 41.4 Å². The number of aldehydes is 1. The average molecular weight is 1320 g/mol. The van der Waals surface area contributed by atoms with Gasteiger partial charge in [0.05, 0.1) is 48.2 Å². The summed E-state index contributed by atoms with van der Waals surface area (Å²) in [4.78, 5) is 70.3. The first kappa shape index (κ1) is 70.3. The van der Waals surface area contributed by atoms with Crippen LogP contribution in [0.15, 0.2) is 146 Å². The Morgan fingerprint density at radius 2 is 1.01 bits per heavy atom. The summed E-state index contributed by atoms with van der Waals surface area (Å²) in [6.07, 6.45) is 9.99. The Balaban J connectivity index is 0.000000194. The summed E-state index contributed by atoms with van der Waals surface area (Å²) in [5.41, 5.74) is 17.0. The van der Waals surface area contributed by atoms with Crippen LogP contribution >= 0.6 is 0 Å². The first-order chi connectivity index (χ1) is 46.4. The van der Waals surface area contributed by atoms with Crippen LogP contribution in [0.4, 0.5) is 29.6 Å². The molecule has 0 radical (unpaired) electrons. The average Bonchev–Trinajstić information content (AvgIpc) is 1.60. The Morgan fingerprint density at radius 3 is 1.39 bits per heavy atom. The number of likely N-dealkylation sites (N-methyl/N-ethyl adjacent to an activating group) is 2. The molecular formula is C71H85F3N12O10. The van der Waals surface area contributed by atoms with Crippen LogP contribution in [0.5, 0.6) is 34.8 Å². The lowest BCUT2D eigenvalue weighted by Crippen LogP contribution is -2.35. The van der Waals surface area contributed by atoms with E-state index in [-0.39, 0.29) is 24.1 Å². The topological polar surface area (TPSA) is 261 Å². The van der Waals surface area contributed by atoms with Gasteiger partial charge in [-0.2, -0.15) is 13.2 Å². The zero-order valence-electron chi connectivity index (χ0n) is 56.3. The zero-order chi connectivity index (χ0) is 70.0. The van der Waals surface area contributed by atoms with E-state index in [0.717, 1.165) is 70.8 Å². The second-order valence-electron chi connectivity index (χ2n) is 24.0. The van der Waals surface area contributed by atoms with Crippen LogP contribution in [-0.2, 0) is 19.1 Å². The minimum absolute atomic E-state index is 0.00678. The number of para-hydroxylation sites is 2. The van der Waals surface area contributed by atoms with Gasteiger partial charge in [0.2, 0.25) is 24.0 Å². The number of nitrogens with two attached hydrogens (primary N) is 2. The second-order valence-corrected chi connectivity index (χ2v) is 24.0. The summed E-state index contributed by atoms with van der Waals surface area (Å²) in [6.45, 7) is 11.7. The fourth-order valence-electron chi connectivity index (χ4n) is 11.2. The zero-order valence-corrected chi connectivity index (χ0v) is 55.3. The molecule has 0 bridgehead atoms. The molecule has 5 N–H and O–H groups in total. The standard InChI is InChI=1S/C31H34N6O3.C28H31N5O4.C8H13NO2.C2HF3O.C2H6/c1-35(22-12-13-22)17-6-9-26(38)36-18-16-23(19-36)37-30-28(29(32)33-20-34-30)27(31(37)39-2)21-10-14-25(15-11-21)40-24-7-4-3-5-8-24;1-28(2,3)37-27(34)32-15-14-19(16-32)33-25-23(24(29)30-17-31-25)22(26(33)35-4)18-10-12-21(13-11-18)36-20-8-6-5-7-9-20;1-9(7-4-5-7)6-2-3-8(10)11;3-2(4,5)1-6;1-2/h3-11,14-15,20,22-23H,12-13,16-19H2,1-2H3,(H2,32,33,34);5-13,17,19H,14-16H2,1-4H3,(H2,29,30,31);2-3,7H,4-6H2,1H3,(H,10,11);1H;1-2H3/b9-6+;;3-2+;;/t23-;19-;;;/m11.../s1/i;;;;1D. The van der Waals surface area contributed by atoms with Crippen molar-refractivity contribution in [2.24, 2.45) is 0 Å². The number of carbonyl (C=O) groups is 4. The monoisotopic (exact) mass is 1320 g/mol. The third-order valence-electron chi connectivity index (χ3n) is 16.0. The number of ether oxygens (including phenoxy) is 5. The first-order valence-corrected chi connectivity index (χ1v) is 31.5. The first-order valence-electron chi connectivity index (χ1n) is 32.3. The lowest BCUT2D eigenvalue weighted by atomic mass is 10.1. The lowest BCUT2D eigenvalue weighted by molar-refractivity contribution is -0.156. The van der Waals surface area contributed by atoms with Gasteiger partial charge in [-0.05, 0) is 133 Å². The minimum atomic E-state index is -4.64. The third kappa shape index (κ3) is 19.1. The molecular weight excluding hydrogens is 1240 g/mol. The van der Waals surface area contributed by atoms with Crippen LogP contribution < -0.4 is 30.4 Å². The van der Waals surface area contributed by atoms with Crippen LogP contribution in [0, 0.1) is 0 Å². The summed E-state index contributed by atoms with van der Waals surface area (Å²) < 4.78 is 71.1. The second kappa shape index (κ2) is 32.9. The maximum atomic E-state index is 13.0. The number of hydrogen-bond acceptors (Lipinski definition) is 17. The van der Waals surface area contributed by atoms with E-state index in [1.807, 2.05) is 153 Å². The van der Waals surface area contributed by atoms with Gasteiger partial charge in [0.25, 0.3) is 0 Å². The van der Waals surface area contributed by atoms with Crippen LogP contribution in [-0.4, -0.2) is 169 Å². The van der Waals surface area contributed by atoms with E-state index in [1.165, 1.54) is 44.4 Å². The van der Waals surface area contributed by atoms with Crippen LogP contribution in [0.3, 0.4) is 0 Å². The number of rotatable bonds is 18. The van der Waals surface area contributed by atoms with Gasteiger partial charge < -0.3 is 50.1 Å². The van der Waals surface area contributed by atoms with Gasteiger partial charge in [0.1, 0.15) is 64.2 Å². The number of aliphatic carboxylic acids is 1. The van der Waals surface area contributed by atoms with E-state index in [4.69, 9.17) is 46.4 Å². The van der Waals surface area contributed by atoms with Gasteiger partial charge in [0.15, 0.2) is 0 Å². The molecule has 4 aromatic carbocycles. The molecule has 0 unspecified atom stereocenters. The quantitative estimate of drug-likeness (QED) is 0.0532. The van der Waals surface area contributed by atoms with Crippen molar-refractivity contribution >= 4 is 58.0 Å². The van der Waals surface area contributed by atoms with Crippen molar-refractivity contribution in [2.75, 3.05) is 79.1 Å². The van der Waals surface area contributed by atoms with Gasteiger partial charge in [-0.25, -0.2) is 29.5 Å². The molecule has 25 heteroatoms. The smallest absolute Gasteiger partial charge is 0.446 e. The highest BCUT2D eigenvalue weighted by atomic mass is 19.4. The Bertz CT molecular complexity index is 3970. The highest BCUT2D eigenvalue weighted by Gasteiger charge is 2.37. The van der Waals surface area contributed by atoms with Crippen molar-refractivity contribution in [3.63, 3.8) is 0 Å². The predicted molar refractivity (Wildman–Crippen MR) is 363 cm³/mol. The summed E-state index contributed by atoms with van der Waals surface area (Å²) in [5.74, 6) is 4.16. The number of aromatic nitrogens is 6. The van der Waals surface area contributed by atoms with E-state index in [1.54, 1.807) is 38.2 Å². The number of benzene rings is 4. The number of carboxylic acid groups (broad SMARTS) is 1. The van der Waals surface area contributed by atoms with Gasteiger partial charge >= 0.3 is 18.2 Å².